The van der Waals surface area contributed by atoms with Crippen LogP contribution in [0.3, 0.4) is 0 Å². The largest absolute Gasteiger partial charge is 0.310 e. The summed E-state index contributed by atoms with van der Waals surface area (Å²) in [6.07, 6.45) is 0. The van der Waals surface area contributed by atoms with Gasteiger partial charge in [-0.05, 0) is 150 Å². The Morgan fingerprint density at radius 3 is 1.32 bits per heavy atom. The molecule has 9 rings (SSSR count). The molecule has 0 radical (unpaired) electrons. The Morgan fingerprint density at radius 1 is 0.396 bits per heavy atom. The van der Waals surface area contributed by atoms with Crippen LogP contribution >= 0.6 is 0 Å². The quantitative estimate of drug-likeness (QED) is 0.162. The van der Waals surface area contributed by atoms with Crippen molar-refractivity contribution in [2.24, 2.45) is 0 Å². The number of benzene rings is 8. The van der Waals surface area contributed by atoms with Gasteiger partial charge in [-0.3, -0.25) is 0 Å². The van der Waals surface area contributed by atoms with Crippen LogP contribution in [0.25, 0.3) is 66.1 Å². The highest BCUT2D eigenvalue weighted by atomic mass is 15.1. The van der Waals surface area contributed by atoms with Crippen LogP contribution in [-0.2, 0) is 0 Å². The van der Waals surface area contributed by atoms with Gasteiger partial charge in [-0.1, -0.05) is 143 Å². The summed E-state index contributed by atoms with van der Waals surface area (Å²) in [4.78, 5) is 2.51. The molecule has 0 unspecified atom stereocenters. The monoisotopic (exact) mass is 683 g/mol. The number of aryl methyl sites for hydroxylation is 2. The highest BCUT2D eigenvalue weighted by Crippen LogP contribution is 2.60. The van der Waals surface area contributed by atoms with Crippen LogP contribution in [0.15, 0.2) is 152 Å². The smallest absolute Gasteiger partial charge is 0.0493 e. The van der Waals surface area contributed by atoms with E-state index in [1.54, 1.807) is 0 Å². The van der Waals surface area contributed by atoms with Crippen molar-refractivity contribution in [3.8, 4) is 44.5 Å². The second-order valence-electron chi connectivity index (χ2n) is 15.4. The minimum absolute atomic E-state index is 0.436. The number of rotatable bonds is 7. The fraction of sp³-hybridized carbons (Fsp3) is 0.154. The van der Waals surface area contributed by atoms with E-state index in [0.717, 1.165) is 0 Å². The molecule has 1 aliphatic rings. The molecule has 258 valence electrons. The van der Waals surface area contributed by atoms with Crippen molar-refractivity contribution in [2.75, 3.05) is 4.90 Å². The Labute approximate surface area is 314 Å². The van der Waals surface area contributed by atoms with Gasteiger partial charge in [0.1, 0.15) is 0 Å². The van der Waals surface area contributed by atoms with Gasteiger partial charge >= 0.3 is 0 Å². The molecule has 1 nitrogen and oxygen atoms in total. The van der Waals surface area contributed by atoms with Crippen LogP contribution in [-0.4, -0.2) is 0 Å². The fourth-order valence-corrected chi connectivity index (χ4v) is 8.42. The molecule has 0 spiro atoms. The summed E-state index contributed by atoms with van der Waals surface area (Å²) in [6, 6.07) is 56.8. The molecule has 0 fully saturated rings. The van der Waals surface area contributed by atoms with Crippen molar-refractivity contribution >= 4 is 38.6 Å². The van der Waals surface area contributed by atoms with Crippen molar-refractivity contribution in [1.29, 1.82) is 0 Å². The van der Waals surface area contributed by atoms with Crippen LogP contribution in [0.4, 0.5) is 17.1 Å². The van der Waals surface area contributed by atoms with E-state index in [9.17, 15) is 0 Å². The Kier molecular flexibility index (Phi) is 8.04. The number of hydrogen-bond donors (Lipinski definition) is 0. The van der Waals surface area contributed by atoms with E-state index in [1.807, 2.05) is 0 Å². The lowest BCUT2D eigenvalue weighted by Gasteiger charge is -2.33. The third-order valence-corrected chi connectivity index (χ3v) is 11.4. The first kappa shape index (κ1) is 33.0. The fourth-order valence-electron chi connectivity index (χ4n) is 8.42. The van der Waals surface area contributed by atoms with Crippen molar-refractivity contribution in [3.05, 3.63) is 174 Å². The molecule has 0 aromatic heterocycles. The molecule has 0 saturated heterocycles. The predicted octanol–water partition coefficient (Wildman–Crippen LogP) is 15.3. The average molecular weight is 684 g/mol. The second kappa shape index (κ2) is 12.9. The number of nitrogens with zero attached hydrogens (tertiary/aromatic N) is 1. The van der Waals surface area contributed by atoms with Gasteiger partial charge < -0.3 is 4.90 Å². The molecular formula is C52H45N. The first-order valence-electron chi connectivity index (χ1n) is 19.1. The summed E-state index contributed by atoms with van der Waals surface area (Å²) in [5.74, 6) is 0.871. The maximum Gasteiger partial charge on any atom is 0.0493 e. The lowest BCUT2D eigenvalue weighted by molar-refractivity contribution is 0.863. The van der Waals surface area contributed by atoms with E-state index < -0.39 is 0 Å². The van der Waals surface area contributed by atoms with Crippen LogP contribution in [0.1, 0.15) is 61.8 Å². The molecule has 1 aliphatic carbocycles. The highest BCUT2D eigenvalue weighted by molar-refractivity contribution is 6.26. The summed E-state index contributed by atoms with van der Waals surface area (Å²) >= 11 is 0. The third kappa shape index (κ3) is 5.46. The number of fused-ring (bicyclic) bond motifs is 6. The van der Waals surface area contributed by atoms with Crippen LogP contribution in [0.2, 0.25) is 0 Å². The Balaban J connectivity index is 1.30. The Hall–Kier alpha value is -5.92. The zero-order chi connectivity index (χ0) is 36.4. The van der Waals surface area contributed by atoms with E-state index in [2.05, 4.69) is 198 Å². The maximum absolute atomic E-state index is 2.51. The van der Waals surface area contributed by atoms with E-state index in [0.29, 0.717) is 11.8 Å². The normalized spacial score (nSPS) is 11.9. The van der Waals surface area contributed by atoms with Crippen molar-refractivity contribution in [2.45, 2.75) is 53.4 Å². The van der Waals surface area contributed by atoms with Crippen LogP contribution < -0.4 is 4.90 Å². The molecule has 53 heavy (non-hydrogen) atoms. The van der Waals surface area contributed by atoms with E-state index in [4.69, 9.17) is 0 Å². The van der Waals surface area contributed by atoms with Crippen LogP contribution in [0, 0.1) is 13.8 Å². The van der Waals surface area contributed by atoms with E-state index >= 15 is 0 Å². The predicted molar refractivity (Wildman–Crippen MR) is 229 cm³/mol. The minimum atomic E-state index is 0.436. The average Bonchev–Trinajstić information content (AvgIpc) is 3.18. The summed E-state index contributed by atoms with van der Waals surface area (Å²) in [6.45, 7) is 13.6. The van der Waals surface area contributed by atoms with Gasteiger partial charge in [0.25, 0.3) is 0 Å². The van der Waals surface area contributed by atoms with Crippen molar-refractivity contribution in [1.82, 2.24) is 0 Å². The SMILES string of the molecule is Cc1ccc(C(C)C)cc1N(c1ccc2cc3c(cc2c1)-c1c-3c(-c2ccccc2)c2ccccc2c1-c1ccccc1)c1cc(C(C)C)ccc1C. The highest BCUT2D eigenvalue weighted by Gasteiger charge is 2.33. The molecule has 0 aliphatic heterocycles. The maximum atomic E-state index is 2.51. The molecule has 0 amide bonds. The van der Waals surface area contributed by atoms with Crippen molar-refractivity contribution < 1.29 is 0 Å². The lowest BCUT2D eigenvalue weighted by Crippen LogP contribution is -2.14. The number of hydrogen-bond acceptors (Lipinski definition) is 1. The molecule has 0 saturated carbocycles. The summed E-state index contributed by atoms with van der Waals surface area (Å²) in [7, 11) is 0. The van der Waals surface area contributed by atoms with E-state index in [1.165, 1.54) is 105 Å². The summed E-state index contributed by atoms with van der Waals surface area (Å²) in [5, 5.41) is 5.10. The first-order chi connectivity index (χ1) is 25.8. The zero-order valence-electron chi connectivity index (χ0n) is 31.5. The standard InChI is InChI=1S/C52H45N/c1-32(2)38-23-21-34(5)47(30-38)53(48-31-39(33(3)4)24-22-35(48)6)42-26-25-40-28-45-46(29-41(40)27-42)52-50(37-17-11-8-12-18-37)44-20-14-13-19-43(44)49(51(45)52)36-15-9-7-10-16-36/h7-33H,1-6H3. The Bertz CT molecular complexity index is 2620. The molecule has 0 N–H and O–H groups in total. The van der Waals surface area contributed by atoms with Gasteiger partial charge in [0.2, 0.25) is 0 Å². The zero-order valence-corrected chi connectivity index (χ0v) is 31.5. The third-order valence-electron chi connectivity index (χ3n) is 11.4. The van der Waals surface area contributed by atoms with Gasteiger partial charge in [-0.2, -0.15) is 0 Å². The Morgan fingerprint density at radius 2 is 0.849 bits per heavy atom. The van der Waals surface area contributed by atoms with Gasteiger partial charge in [-0.25, -0.2) is 0 Å². The minimum Gasteiger partial charge on any atom is -0.310 e. The molecule has 8 aromatic carbocycles. The molecule has 0 heterocycles. The summed E-state index contributed by atoms with van der Waals surface area (Å²) in [5.41, 5.74) is 19.4. The van der Waals surface area contributed by atoms with Gasteiger partial charge in [0, 0.05) is 17.1 Å². The molecule has 0 bridgehead atoms. The van der Waals surface area contributed by atoms with Gasteiger partial charge in [0.15, 0.2) is 0 Å². The lowest BCUT2D eigenvalue weighted by atomic mass is 9.70. The molecule has 8 aromatic rings. The van der Waals surface area contributed by atoms with Gasteiger partial charge in [0.05, 0.1) is 0 Å². The molecular weight excluding hydrogens is 639 g/mol. The summed E-state index contributed by atoms with van der Waals surface area (Å²) < 4.78 is 0. The molecule has 0 atom stereocenters. The topological polar surface area (TPSA) is 3.24 Å². The first-order valence-corrected chi connectivity index (χ1v) is 19.1. The molecule has 1 heteroatoms. The number of anilines is 3. The second-order valence-corrected chi connectivity index (χ2v) is 15.4. The van der Waals surface area contributed by atoms with Crippen LogP contribution in [0.5, 0.6) is 0 Å². The van der Waals surface area contributed by atoms with E-state index in [-0.39, 0.29) is 0 Å². The van der Waals surface area contributed by atoms with Crippen molar-refractivity contribution in [3.63, 3.8) is 0 Å². The van der Waals surface area contributed by atoms with Gasteiger partial charge in [-0.15, -0.1) is 0 Å².